The fraction of sp³-hybridized carbons (Fsp3) is 0.385. The highest BCUT2D eigenvalue weighted by Gasteiger charge is 2.16. The maximum atomic E-state index is 13.3. The number of carbonyl (C=O) groups excluding carboxylic acids is 2. The van der Waals surface area contributed by atoms with Crippen molar-refractivity contribution in [3.8, 4) is 0 Å². The minimum Gasteiger partial charge on any atom is -0.350 e. The van der Waals surface area contributed by atoms with Crippen LogP contribution >= 0.6 is 0 Å². The molecule has 0 heterocycles. The van der Waals surface area contributed by atoms with Crippen LogP contribution in [0.4, 0.5) is 8.78 Å². The zero-order valence-electron chi connectivity index (χ0n) is 11.0. The standard InChI is InChI=1S/C13H16F2N2O2/c1-13(2,3)17-11(18)7-16-12(19)9-5-4-8(14)6-10(9)15/h4-6H,7H2,1-3H3,(H,16,19)(H,17,18). The van der Waals surface area contributed by atoms with E-state index in [4.69, 9.17) is 0 Å². The summed E-state index contributed by atoms with van der Waals surface area (Å²) < 4.78 is 26.0. The Kier molecular flexibility index (Phi) is 4.58. The molecule has 0 bridgehead atoms. The number of carbonyl (C=O) groups is 2. The Bertz CT molecular complexity index is 496. The molecule has 1 aromatic rings. The summed E-state index contributed by atoms with van der Waals surface area (Å²) >= 11 is 0. The van der Waals surface area contributed by atoms with E-state index in [0.717, 1.165) is 12.1 Å². The van der Waals surface area contributed by atoms with Crippen molar-refractivity contribution in [2.24, 2.45) is 0 Å². The predicted octanol–water partition coefficient (Wildman–Crippen LogP) is 1.61. The summed E-state index contributed by atoms with van der Waals surface area (Å²) in [7, 11) is 0. The Hall–Kier alpha value is -1.98. The van der Waals surface area contributed by atoms with Gasteiger partial charge < -0.3 is 10.6 Å². The molecular weight excluding hydrogens is 254 g/mol. The molecule has 0 unspecified atom stereocenters. The molecule has 0 radical (unpaired) electrons. The van der Waals surface area contributed by atoms with E-state index in [2.05, 4.69) is 10.6 Å². The molecule has 0 aliphatic carbocycles. The molecule has 0 aromatic heterocycles. The third-order valence-corrected chi connectivity index (χ3v) is 2.10. The molecule has 4 nitrogen and oxygen atoms in total. The highest BCUT2D eigenvalue weighted by Crippen LogP contribution is 2.09. The monoisotopic (exact) mass is 270 g/mol. The van der Waals surface area contributed by atoms with E-state index >= 15 is 0 Å². The van der Waals surface area contributed by atoms with Crippen LogP contribution in [0.5, 0.6) is 0 Å². The Morgan fingerprint density at radius 2 is 1.84 bits per heavy atom. The Morgan fingerprint density at radius 1 is 1.21 bits per heavy atom. The smallest absolute Gasteiger partial charge is 0.254 e. The normalized spacial score (nSPS) is 11.0. The van der Waals surface area contributed by atoms with E-state index in [-0.39, 0.29) is 18.0 Å². The predicted molar refractivity (Wildman–Crippen MR) is 66.6 cm³/mol. The number of hydrogen-bond acceptors (Lipinski definition) is 2. The third-order valence-electron chi connectivity index (χ3n) is 2.10. The lowest BCUT2D eigenvalue weighted by Crippen LogP contribution is -2.45. The zero-order valence-corrected chi connectivity index (χ0v) is 11.0. The molecule has 2 amide bonds. The van der Waals surface area contributed by atoms with Gasteiger partial charge in [-0.05, 0) is 32.9 Å². The van der Waals surface area contributed by atoms with Crippen LogP contribution in [0.1, 0.15) is 31.1 Å². The molecule has 0 aliphatic heterocycles. The number of nitrogens with one attached hydrogen (secondary N) is 2. The average molecular weight is 270 g/mol. The number of hydrogen-bond donors (Lipinski definition) is 2. The van der Waals surface area contributed by atoms with Crippen molar-refractivity contribution in [2.75, 3.05) is 6.54 Å². The molecule has 1 aromatic carbocycles. The van der Waals surface area contributed by atoms with Crippen molar-refractivity contribution in [1.29, 1.82) is 0 Å². The first kappa shape index (κ1) is 15.1. The maximum Gasteiger partial charge on any atom is 0.254 e. The maximum absolute atomic E-state index is 13.3. The van der Waals surface area contributed by atoms with Gasteiger partial charge in [-0.25, -0.2) is 8.78 Å². The van der Waals surface area contributed by atoms with E-state index in [1.807, 2.05) is 0 Å². The molecule has 0 spiro atoms. The van der Waals surface area contributed by atoms with Gasteiger partial charge in [0.2, 0.25) is 5.91 Å². The van der Waals surface area contributed by atoms with Gasteiger partial charge in [-0.15, -0.1) is 0 Å². The van der Waals surface area contributed by atoms with Crippen molar-refractivity contribution in [1.82, 2.24) is 10.6 Å². The second-order valence-electron chi connectivity index (χ2n) is 5.11. The van der Waals surface area contributed by atoms with E-state index < -0.39 is 23.1 Å². The summed E-state index contributed by atoms with van der Waals surface area (Å²) in [5.74, 6) is -2.88. The van der Waals surface area contributed by atoms with Crippen molar-refractivity contribution in [2.45, 2.75) is 26.3 Å². The van der Waals surface area contributed by atoms with Crippen molar-refractivity contribution < 1.29 is 18.4 Å². The number of benzene rings is 1. The van der Waals surface area contributed by atoms with E-state index in [0.29, 0.717) is 6.07 Å². The lowest BCUT2D eigenvalue weighted by molar-refractivity contribution is -0.121. The molecule has 1 rings (SSSR count). The number of rotatable bonds is 3. The fourth-order valence-corrected chi connectivity index (χ4v) is 1.39. The van der Waals surface area contributed by atoms with Crippen molar-refractivity contribution in [3.63, 3.8) is 0 Å². The van der Waals surface area contributed by atoms with Crippen LogP contribution < -0.4 is 10.6 Å². The first-order valence-corrected chi connectivity index (χ1v) is 5.73. The van der Waals surface area contributed by atoms with Crippen molar-refractivity contribution >= 4 is 11.8 Å². The average Bonchev–Trinajstić information content (AvgIpc) is 2.23. The van der Waals surface area contributed by atoms with Gasteiger partial charge in [0.15, 0.2) is 0 Å². The van der Waals surface area contributed by atoms with Crippen molar-refractivity contribution in [3.05, 3.63) is 35.4 Å². The second kappa shape index (κ2) is 5.77. The molecule has 104 valence electrons. The molecule has 6 heteroatoms. The Labute approximate surface area is 110 Å². The largest absolute Gasteiger partial charge is 0.350 e. The van der Waals surface area contributed by atoms with Gasteiger partial charge in [0.1, 0.15) is 11.6 Å². The highest BCUT2D eigenvalue weighted by molar-refractivity contribution is 5.96. The van der Waals surface area contributed by atoms with Gasteiger partial charge in [0, 0.05) is 11.6 Å². The number of halogens is 2. The van der Waals surface area contributed by atoms with E-state index in [9.17, 15) is 18.4 Å². The van der Waals surface area contributed by atoms with Gasteiger partial charge in [0.25, 0.3) is 5.91 Å². The van der Waals surface area contributed by atoms with Crippen LogP contribution in [0, 0.1) is 11.6 Å². The number of amides is 2. The van der Waals surface area contributed by atoms with Crippen LogP contribution in [-0.2, 0) is 4.79 Å². The van der Waals surface area contributed by atoms with Crippen LogP contribution in [-0.4, -0.2) is 23.9 Å². The summed E-state index contributed by atoms with van der Waals surface area (Å²) in [5.41, 5.74) is -0.715. The summed E-state index contributed by atoms with van der Waals surface area (Å²) in [5, 5.41) is 4.91. The van der Waals surface area contributed by atoms with Crippen LogP contribution in [0.3, 0.4) is 0 Å². The van der Waals surface area contributed by atoms with Gasteiger partial charge >= 0.3 is 0 Å². The molecule has 0 saturated heterocycles. The van der Waals surface area contributed by atoms with Gasteiger partial charge in [0.05, 0.1) is 12.1 Å². The Morgan fingerprint density at radius 3 is 2.37 bits per heavy atom. The summed E-state index contributed by atoms with van der Waals surface area (Å²) in [6.07, 6.45) is 0. The topological polar surface area (TPSA) is 58.2 Å². The van der Waals surface area contributed by atoms with Gasteiger partial charge in [-0.3, -0.25) is 9.59 Å². The van der Waals surface area contributed by atoms with Gasteiger partial charge in [-0.1, -0.05) is 0 Å². The molecule has 0 atom stereocenters. The second-order valence-corrected chi connectivity index (χ2v) is 5.11. The lowest BCUT2D eigenvalue weighted by Gasteiger charge is -2.20. The van der Waals surface area contributed by atoms with E-state index in [1.165, 1.54) is 0 Å². The van der Waals surface area contributed by atoms with Crippen LogP contribution in [0.25, 0.3) is 0 Å². The minimum atomic E-state index is -0.964. The van der Waals surface area contributed by atoms with Gasteiger partial charge in [-0.2, -0.15) is 0 Å². The zero-order chi connectivity index (χ0) is 14.6. The lowest BCUT2D eigenvalue weighted by atomic mass is 10.1. The first-order chi connectivity index (χ1) is 8.69. The fourth-order valence-electron chi connectivity index (χ4n) is 1.39. The Balaban J connectivity index is 2.59. The minimum absolute atomic E-state index is 0.271. The summed E-state index contributed by atoms with van der Waals surface area (Å²) in [6, 6.07) is 2.62. The molecular formula is C13H16F2N2O2. The van der Waals surface area contributed by atoms with Crippen LogP contribution in [0.15, 0.2) is 18.2 Å². The summed E-state index contributed by atoms with van der Waals surface area (Å²) in [6.45, 7) is 5.12. The SMILES string of the molecule is CC(C)(C)NC(=O)CNC(=O)c1ccc(F)cc1F. The summed E-state index contributed by atoms with van der Waals surface area (Å²) in [4.78, 5) is 23.0. The molecule has 0 fully saturated rings. The molecule has 0 saturated carbocycles. The van der Waals surface area contributed by atoms with E-state index in [1.54, 1.807) is 20.8 Å². The van der Waals surface area contributed by atoms with Crippen LogP contribution in [0.2, 0.25) is 0 Å². The quantitative estimate of drug-likeness (QED) is 0.876. The first-order valence-electron chi connectivity index (χ1n) is 5.73. The molecule has 19 heavy (non-hydrogen) atoms. The highest BCUT2D eigenvalue weighted by atomic mass is 19.1. The molecule has 0 aliphatic rings. The molecule has 2 N–H and O–H groups in total. The third kappa shape index (κ3) is 5.03.